The number of carbonyl (C=O) groups excluding carboxylic acids is 1. The lowest BCUT2D eigenvalue weighted by atomic mass is 9.97. The lowest BCUT2D eigenvalue weighted by Crippen LogP contribution is -2.31. The topological polar surface area (TPSA) is 99.8 Å². The highest BCUT2D eigenvalue weighted by Crippen LogP contribution is 2.32. The highest BCUT2D eigenvalue weighted by atomic mass is 16.6. The van der Waals surface area contributed by atoms with Crippen LogP contribution in [0.5, 0.6) is 11.5 Å². The lowest BCUT2D eigenvalue weighted by Gasteiger charge is -2.19. The van der Waals surface area contributed by atoms with Crippen LogP contribution in [0.1, 0.15) is 24.1 Å². The molecule has 0 atom stereocenters. The van der Waals surface area contributed by atoms with E-state index < -0.39 is 0 Å². The van der Waals surface area contributed by atoms with Crippen molar-refractivity contribution in [2.75, 3.05) is 18.5 Å². The van der Waals surface area contributed by atoms with Crippen molar-refractivity contribution in [1.82, 2.24) is 19.4 Å². The van der Waals surface area contributed by atoms with Crippen molar-refractivity contribution >= 4 is 17.1 Å². The largest absolute Gasteiger partial charge is 0.486 e. The second-order valence-corrected chi connectivity index (χ2v) is 6.93. The molecule has 0 bridgehead atoms. The van der Waals surface area contributed by atoms with Gasteiger partial charge >= 0.3 is 0 Å². The van der Waals surface area contributed by atoms with Crippen molar-refractivity contribution in [3.05, 3.63) is 46.1 Å². The average Bonchev–Trinajstić information content (AvgIpc) is 3.09. The zero-order valence-corrected chi connectivity index (χ0v) is 15.2. The molecule has 0 saturated heterocycles. The van der Waals surface area contributed by atoms with E-state index in [1.54, 1.807) is 18.2 Å². The van der Waals surface area contributed by atoms with E-state index in [9.17, 15) is 9.59 Å². The predicted molar refractivity (Wildman–Crippen MR) is 100.0 cm³/mol. The van der Waals surface area contributed by atoms with Gasteiger partial charge in [-0.15, -0.1) is 0 Å². The first-order valence-corrected chi connectivity index (χ1v) is 9.35. The van der Waals surface area contributed by atoms with Gasteiger partial charge in [0.25, 0.3) is 5.56 Å². The molecule has 0 spiro atoms. The molecular formula is C19H19N5O4. The van der Waals surface area contributed by atoms with Gasteiger partial charge in [0.2, 0.25) is 5.91 Å². The number of hydrogen-bond donors (Lipinski definition) is 1. The van der Waals surface area contributed by atoms with E-state index in [0.717, 1.165) is 36.9 Å². The summed E-state index contributed by atoms with van der Waals surface area (Å²) in [5, 5.41) is 11.3. The molecule has 0 fully saturated rings. The maximum Gasteiger partial charge on any atom is 0.293 e. The van der Waals surface area contributed by atoms with E-state index in [0.29, 0.717) is 35.9 Å². The Morgan fingerprint density at radius 1 is 1.14 bits per heavy atom. The van der Waals surface area contributed by atoms with Gasteiger partial charge in [-0.25, -0.2) is 9.20 Å². The van der Waals surface area contributed by atoms with Gasteiger partial charge in [0.1, 0.15) is 31.6 Å². The SMILES string of the molecule is O=C(Cn1ncn2nc3c(c2c1=O)CCCC3)Nc1ccc2c(c1)OCCO2. The van der Waals surface area contributed by atoms with E-state index >= 15 is 0 Å². The van der Waals surface area contributed by atoms with Crippen molar-refractivity contribution < 1.29 is 14.3 Å². The molecular weight excluding hydrogens is 362 g/mol. The van der Waals surface area contributed by atoms with Crippen molar-refractivity contribution in [1.29, 1.82) is 0 Å². The third kappa shape index (κ3) is 2.88. The van der Waals surface area contributed by atoms with E-state index in [1.807, 2.05) is 0 Å². The van der Waals surface area contributed by atoms with Gasteiger partial charge in [0, 0.05) is 17.3 Å². The molecule has 1 N–H and O–H groups in total. The first-order valence-electron chi connectivity index (χ1n) is 9.35. The molecule has 0 saturated carbocycles. The van der Waals surface area contributed by atoms with Crippen LogP contribution in [0.15, 0.2) is 29.3 Å². The Balaban J connectivity index is 1.38. The molecule has 1 aliphatic carbocycles. The van der Waals surface area contributed by atoms with Crippen LogP contribution >= 0.6 is 0 Å². The number of aryl methyl sites for hydroxylation is 2. The molecule has 1 aliphatic heterocycles. The molecule has 2 aliphatic rings. The molecule has 2 aromatic heterocycles. The van der Waals surface area contributed by atoms with Gasteiger partial charge < -0.3 is 14.8 Å². The first kappa shape index (κ1) is 16.8. The van der Waals surface area contributed by atoms with Crippen molar-refractivity contribution in [2.45, 2.75) is 32.2 Å². The van der Waals surface area contributed by atoms with Crippen LogP contribution in [-0.2, 0) is 24.2 Å². The molecule has 0 unspecified atom stereocenters. The van der Waals surface area contributed by atoms with E-state index in [2.05, 4.69) is 15.5 Å². The maximum atomic E-state index is 12.9. The van der Waals surface area contributed by atoms with Crippen LogP contribution in [-0.4, -0.2) is 38.5 Å². The molecule has 144 valence electrons. The van der Waals surface area contributed by atoms with Crippen molar-refractivity contribution in [2.24, 2.45) is 0 Å². The lowest BCUT2D eigenvalue weighted by molar-refractivity contribution is -0.117. The van der Waals surface area contributed by atoms with Crippen LogP contribution < -0.4 is 20.3 Å². The second kappa shape index (κ2) is 6.66. The van der Waals surface area contributed by atoms with Gasteiger partial charge in [-0.1, -0.05) is 0 Å². The molecule has 0 radical (unpaired) electrons. The van der Waals surface area contributed by atoms with Gasteiger partial charge in [-0.2, -0.15) is 10.2 Å². The molecule has 28 heavy (non-hydrogen) atoms. The van der Waals surface area contributed by atoms with E-state index in [4.69, 9.17) is 9.47 Å². The van der Waals surface area contributed by atoms with E-state index in [1.165, 1.54) is 15.5 Å². The zero-order valence-electron chi connectivity index (χ0n) is 15.2. The van der Waals surface area contributed by atoms with Crippen LogP contribution in [0, 0.1) is 0 Å². The summed E-state index contributed by atoms with van der Waals surface area (Å²) >= 11 is 0. The van der Waals surface area contributed by atoms with Gasteiger partial charge in [0.05, 0.1) is 5.69 Å². The zero-order chi connectivity index (χ0) is 19.1. The summed E-state index contributed by atoms with van der Waals surface area (Å²) in [6, 6.07) is 5.19. The Hall–Kier alpha value is -3.36. The Morgan fingerprint density at radius 3 is 2.86 bits per heavy atom. The summed E-state index contributed by atoms with van der Waals surface area (Å²) in [6.07, 6.45) is 5.33. The van der Waals surface area contributed by atoms with Crippen molar-refractivity contribution in [3.8, 4) is 11.5 Å². The fourth-order valence-corrected chi connectivity index (χ4v) is 3.74. The maximum absolute atomic E-state index is 12.9. The summed E-state index contributed by atoms with van der Waals surface area (Å²) in [5.74, 6) is 0.897. The number of rotatable bonds is 3. The fraction of sp³-hybridized carbons (Fsp3) is 0.368. The Labute approximate surface area is 159 Å². The monoisotopic (exact) mass is 381 g/mol. The molecule has 1 amide bonds. The summed E-state index contributed by atoms with van der Waals surface area (Å²) in [4.78, 5) is 25.3. The predicted octanol–water partition coefficient (Wildman–Crippen LogP) is 1.18. The number of nitrogens with zero attached hydrogens (tertiary/aromatic N) is 4. The third-order valence-corrected chi connectivity index (χ3v) is 5.04. The average molecular weight is 381 g/mol. The Bertz CT molecular complexity index is 1130. The first-order chi connectivity index (χ1) is 13.7. The standard InChI is InChI=1S/C19H19N5O4/c25-17(21-12-5-6-15-16(9-12)28-8-7-27-15)10-23-19(26)18-13-3-1-2-4-14(13)22-24(18)11-20-23/h5-6,9,11H,1-4,7-8,10H2,(H,21,25). The molecule has 3 aromatic rings. The normalized spacial score (nSPS) is 15.3. The van der Waals surface area contributed by atoms with Crippen LogP contribution in [0.4, 0.5) is 5.69 Å². The third-order valence-electron chi connectivity index (χ3n) is 5.04. The summed E-state index contributed by atoms with van der Waals surface area (Å²) in [6.45, 7) is 0.803. The smallest absolute Gasteiger partial charge is 0.293 e. The number of fused-ring (bicyclic) bond motifs is 4. The molecule has 9 nitrogen and oxygen atoms in total. The van der Waals surface area contributed by atoms with Gasteiger partial charge in [-0.3, -0.25) is 9.59 Å². The molecule has 9 heteroatoms. The Morgan fingerprint density at radius 2 is 1.96 bits per heavy atom. The van der Waals surface area contributed by atoms with Crippen molar-refractivity contribution in [3.63, 3.8) is 0 Å². The highest BCUT2D eigenvalue weighted by Gasteiger charge is 2.21. The number of benzene rings is 1. The fourth-order valence-electron chi connectivity index (χ4n) is 3.74. The summed E-state index contributed by atoms with van der Waals surface area (Å²) in [7, 11) is 0. The number of anilines is 1. The number of aromatic nitrogens is 4. The molecule has 3 heterocycles. The highest BCUT2D eigenvalue weighted by molar-refractivity contribution is 5.90. The minimum Gasteiger partial charge on any atom is -0.486 e. The number of carbonyl (C=O) groups is 1. The molecule has 1 aromatic carbocycles. The minimum absolute atomic E-state index is 0.177. The Kier molecular flexibility index (Phi) is 4.00. The number of hydrogen-bond acceptors (Lipinski definition) is 6. The summed E-state index contributed by atoms with van der Waals surface area (Å²) < 4.78 is 13.7. The molecule has 5 rings (SSSR count). The minimum atomic E-state index is -0.344. The van der Waals surface area contributed by atoms with Gasteiger partial charge in [0.15, 0.2) is 11.5 Å². The van der Waals surface area contributed by atoms with Crippen LogP contribution in [0.25, 0.3) is 5.52 Å². The quantitative estimate of drug-likeness (QED) is 0.731. The van der Waals surface area contributed by atoms with E-state index in [-0.39, 0.29) is 18.0 Å². The number of nitrogens with one attached hydrogen (secondary N) is 1. The summed E-state index contributed by atoms with van der Waals surface area (Å²) in [5.41, 5.74) is 2.75. The second-order valence-electron chi connectivity index (χ2n) is 6.93. The van der Waals surface area contributed by atoms with Gasteiger partial charge in [-0.05, 0) is 37.8 Å². The van der Waals surface area contributed by atoms with Crippen LogP contribution in [0.2, 0.25) is 0 Å². The van der Waals surface area contributed by atoms with Crippen LogP contribution in [0.3, 0.4) is 0 Å². The number of ether oxygens (including phenoxy) is 2. The number of amides is 1.